The van der Waals surface area contributed by atoms with E-state index in [1.165, 1.54) is 24.3 Å². The fraction of sp³-hybridized carbons (Fsp3) is 0.0800. The summed E-state index contributed by atoms with van der Waals surface area (Å²) in [6.07, 6.45) is 1.35. The van der Waals surface area contributed by atoms with Gasteiger partial charge >= 0.3 is 6.03 Å². The summed E-state index contributed by atoms with van der Waals surface area (Å²) >= 11 is 9.78. The number of barbiturate groups is 1. The standard InChI is InChI=1S/C25H17BrClFN2O4/c1-14-2-8-18(9-3-14)30-24(32)19(23(31)29-25(30)33)10-16-11-20(26)22(21(27)12-16)34-13-15-4-6-17(28)7-5-15/h2-12H,13H2,1H3,(H,29,31,33)/b19-10+. The molecule has 9 heteroatoms. The topological polar surface area (TPSA) is 75.7 Å². The average molecular weight is 544 g/mol. The Hall–Kier alpha value is -3.49. The number of nitrogens with zero attached hydrogens (tertiary/aromatic N) is 1. The molecule has 172 valence electrons. The van der Waals surface area contributed by atoms with Gasteiger partial charge in [-0.2, -0.15) is 0 Å². The second-order valence-corrected chi connectivity index (χ2v) is 8.78. The Morgan fingerprint density at radius 1 is 1.06 bits per heavy atom. The van der Waals surface area contributed by atoms with Crippen molar-refractivity contribution in [3.8, 4) is 5.75 Å². The third-order valence-corrected chi connectivity index (χ3v) is 5.89. The third kappa shape index (κ3) is 5.03. The molecule has 0 saturated carbocycles. The largest absolute Gasteiger partial charge is 0.486 e. The maximum absolute atomic E-state index is 13.1. The van der Waals surface area contributed by atoms with Gasteiger partial charge in [-0.25, -0.2) is 14.1 Å². The van der Waals surface area contributed by atoms with E-state index in [1.54, 1.807) is 42.5 Å². The van der Waals surface area contributed by atoms with Gasteiger partial charge in [-0.15, -0.1) is 0 Å². The number of aryl methyl sites for hydroxylation is 1. The molecule has 6 nitrogen and oxygen atoms in total. The van der Waals surface area contributed by atoms with Gasteiger partial charge in [0.25, 0.3) is 11.8 Å². The molecule has 3 aromatic rings. The Bertz CT molecular complexity index is 1300. The van der Waals surface area contributed by atoms with Gasteiger partial charge in [0.05, 0.1) is 15.2 Å². The van der Waals surface area contributed by atoms with Gasteiger partial charge < -0.3 is 4.74 Å². The Morgan fingerprint density at radius 3 is 2.38 bits per heavy atom. The number of amides is 4. The van der Waals surface area contributed by atoms with E-state index >= 15 is 0 Å². The van der Waals surface area contributed by atoms with E-state index in [2.05, 4.69) is 21.2 Å². The summed E-state index contributed by atoms with van der Waals surface area (Å²) in [6.45, 7) is 2.04. The van der Waals surface area contributed by atoms with Crippen molar-refractivity contribution in [1.82, 2.24) is 5.32 Å². The van der Waals surface area contributed by atoms with Gasteiger partial charge in [0.15, 0.2) is 5.75 Å². The number of nitrogens with one attached hydrogen (secondary N) is 1. The average Bonchev–Trinajstić information content (AvgIpc) is 2.78. The second kappa shape index (κ2) is 9.79. The fourth-order valence-corrected chi connectivity index (χ4v) is 4.28. The number of hydrogen-bond acceptors (Lipinski definition) is 4. The highest BCUT2D eigenvalue weighted by atomic mass is 79.9. The van der Waals surface area contributed by atoms with Crippen molar-refractivity contribution in [3.63, 3.8) is 0 Å². The molecular formula is C25H17BrClFN2O4. The predicted octanol–water partition coefficient (Wildman–Crippen LogP) is 5.80. The van der Waals surface area contributed by atoms with Crippen LogP contribution in [-0.2, 0) is 16.2 Å². The number of halogens is 3. The summed E-state index contributed by atoms with van der Waals surface area (Å²) in [7, 11) is 0. The first-order valence-corrected chi connectivity index (χ1v) is 11.2. The molecule has 3 aromatic carbocycles. The van der Waals surface area contributed by atoms with Crippen LogP contribution < -0.4 is 15.0 Å². The molecule has 0 aromatic heterocycles. The molecule has 1 heterocycles. The lowest BCUT2D eigenvalue weighted by atomic mass is 10.1. The first-order valence-electron chi connectivity index (χ1n) is 10.1. The van der Waals surface area contributed by atoms with E-state index in [0.29, 0.717) is 21.5 Å². The molecule has 0 aliphatic carbocycles. The van der Waals surface area contributed by atoms with Crippen molar-refractivity contribution in [2.45, 2.75) is 13.5 Å². The smallest absolute Gasteiger partial charge is 0.335 e. The number of carbonyl (C=O) groups excluding carboxylic acids is 3. The summed E-state index contributed by atoms with van der Waals surface area (Å²) in [5, 5.41) is 2.42. The van der Waals surface area contributed by atoms with E-state index in [9.17, 15) is 18.8 Å². The molecule has 4 amide bonds. The van der Waals surface area contributed by atoms with E-state index in [-0.39, 0.29) is 23.0 Å². The first-order chi connectivity index (χ1) is 16.2. The summed E-state index contributed by atoms with van der Waals surface area (Å²) < 4.78 is 19.3. The molecular weight excluding hydrogens is 527 g/mol. The van der Waals surface area contributed by atoms with Crippen LogP contribution in [-0.4, -0.2) is 17.8 Å². The van der Waals surface area contributed by atoms with Crippen LogP contribution >= 0.6 is 27.5 Å². The number of rotatable bonds is 5. The van der Waals surface area contributed by atoms with Crippen molar-refractivity contribution < 1.29 is 23.5 Å². The van der Waals surface area contributed by atoms with E-state index in [1.807, 2.05) is 6.92 Å². The Labute approximate surface area is 208 Å². The van der Waals surface area contributed by atoms with Crippen LogP contribution in [0.1, 0.15) is 16.7 Å². The van der Waals surface area contributed by atoms with Crippen LogP contribution in [0.5, 0.6) is 5.75 Å². The SMILES string of the molecule is Cc1ccc(N2C(=O)NC(=O)/C(=C\c3cc(Cl)c(OCc4ccc(F)cc4)c(Br)c3)C2=O)cc1. The van der Waals surface area contributed by atoms with Gasteiger partial charge in [0, 0.05) is 0 Å². The zero-order chi connectivity index (χ0) is 24.4. The summed E-state index contributed by atoms with van der Waals surface area (Å²) in [5.74, 6) is -1.54. The molecule has 0 bridgehead atoms. The highest BCUT2D eigenvalue weighted by Gasteiger charge is 2.36. The summed E-state index contributed by atoms with van der Waals surface area (Å²) in [6, 6.07) is 15.0. The zero-order valence-corrected chi connectivity index (χ0v) is 20.1. The predicted molar refractivity (Wildman–Crippen MR) is 130 cm³/mol. The van der Waals surface area contributed by atoms with Crippen LogP contribution in [0.25, 0.3) is 6.08 Å². The van der Waals surface area contributed by atoms with Gasteiger partial charge in [0.2, 0.25) is 0 Å². The number of benzene rings is 3. The van der Waals surface area contributed by atoms with Crippen molar-refractivity contribution in [1.29, 1.82) is 0 Å². The Morgan fingerprint density at radius 2 is 1.74 bits per heavy atom. The monoisotopic (exact) mass is 542 g/mol. The van der Waals surface area contributed by atoms with Crippen LogP contribution in [0.4, 0.5) is 14.9 Å². The second-order valence-electron chi connectivity index (χ2n) is 7.52. The van der Waals surface area contributed by atoms with Crippen molar-refractivity contribution >= 4 is 57.1 Å². The van der Waals surface area contributed by atoms with Crippen LogP contribution in [0, 0.1) is 12.7 Å². The van der Waals surface area contributed by atoms with Gasteiger partial charge in [-0.05, 0) is 76.5 Å². The molecule has 0 spiro atoms. The van der Waals surface area contributed by atoms with Crippen molar-refractivity contribution in [2.24, 2.45) is 0 Å². The minimum atomic E-state index is -0.820. The van der Waals surface area contributed by atoms with E-state index in [0.717, 1.165) is 16.0 Å². The molecule has 1 saturated heterocycles. The minimum Gasteiger partial charge on any atom is -0.486 e. The van der Waals surface area contributed by atoms with Crippen LogP contribution in [0.15, 0.2) is 70.7 Å². The number of hydrogen-bond donors (Lipinski definition) is 1. The molecule has 0 radical (unpaired) electrons. The molecule has 1 aliphatic heterocycles. The maximum Gasteiger partial charge on any atom is 0.335 e. The van der Waals surface area contributed by atoms with Gasteiger partial charge in [-0.1, -0.05) is 41.4 Å². The van der Waals surface area contributed by atoms with Crippen molar-refractivity contribution in [2.75, 3.05) is 4.90 Å². The Kier molecular flexibility index (Phi) is 6.81. The highest BCUT2D eigenvalue weighted by molar-refractivity contribution is 9.10. The van der Waals surface area contributed by atoms with Gasteiger partial charge in [-0.3, -0.25) is 14.9 Å². The maximum atomic E-state index is 13.1. The number of anilines is 1. The number of imide groups is 2. The lowest BCUT2D eigenvalue weighted by Gasteiger charge is -2.26. The number of carbonyl (C=O) groups is 3. The van der Waals surface area contributed by atoms with E-state index < -0.39 is 17.8 Å². The first kappa shape index (κ1) is 23.7. The van der Waals surface area contributed by atoms with Crippen LogP contribution in [0.2, 0.25) is 5.02 Å². The molecule has 34 heavy (non-hydrogen) atoms. The molecule has 0 unspecified atom stereocenters. The third-order valence-electron chi connectivity index (χ3n) is 5.02. The van der Waals surface area contributed by atoms with Gasteiger partial charge in [0.1, 0.15) is 18.0 Å². The minimum absolute atomic E-state index is 0.160. The van der Waals surface area contributed by atoms with Crippen molar-refractivity contribution in [3.05, 3.63) is 98.2 Å². The number of ether oxygens (including phenoxy) is 1. The summed E-state index contributed by atoms with van der Waals surface area (Å²) in [4.78, 5) is 38.7. The normalized spacial score (nSPS) is 15.0. The number of urea groups is 1. The fourth-order valence-electron chi connectivity index (χ4n) is 3.29. The lowest BCUT2D eigenvalue weighted by molar-refractivity contribution is -0.122. The molecule has 4 rings (SSSR count). The Balaban J connectivity index is 1.60. The molecule has 0 atom stereocenters. The van der Waals surface area contributed by atoms with Crippen LogP contribution in [0.3, 0.4) is 0 Å². The highest BCUT2D eigenvalue weighted by Crippen LogP contribution is 2.36. The van der Waals surface area contributed by atoms with E-state index in [4.69, 9.17) is 16.3 Å². The lowest BCUT2D eigenvalue weighted by Crippen LogP contribution is -2.54. The zero-order valence-electron chi connectivity index (χ0n) is 17.8. The molecule has 1 N–H and O–H groups in total. The summed E-state index contributed by atoms with van der Waals surface area (Å²) in [5.41, 5.74) is 2.28. The molecule has 1 fully saturated rings. The molecule has 1 aliphatic rings. The quantitative estimate of drug-likeness (QED) is 0.326.